The van der Waals surface area contributed by atoms with Gasteiger partial charge in [0.2, 0.25) is 0 Å². The van der Waals surface area contributed by atoms with Crippen LogP contribution in [0.5, 0.6) is 11.5 Å². The molecule has 0 fully saturated rings. The van der Waals surface area contributed by atoms with Gasteiger partial charge in [0, 0.05) is 17.6 Å². The molecular weight excluding hydrogens is 332 g/mol. The average molecular weight is 345 g/mol. The Labute approximate surface area is 131 Å². The van der Waals surface area contributed by atoms with E-state index in [4.69, 9.17) is 4.74 Å². The minimum absolute atomic E-state index is 0.0562. The molecule has 0 bridgehead atoms. The summed E-state index contributed by atoms with van der Waals surface area (Å²) in [7, 11) is 1.50. The van der Waals surface area contributed by atoms with Gasteiger partial charge in [-0.1, -0.05) is 24.3 Å². The number of allylic oxidation sites excluding steroid dienone is 1. The summed E-state index contributed by atoms with van der Waals surface area (Å²) >= 11 is 3.29. The van der Waals surface area contributed by atoms with Crippen LogP contribution in [0.3, 0.4) is 0 Å². The molecule has 0 heterocycles. The topological polar surface area (TPSA) is 46.5 Å². The van der Waals surface area contributed by atoms with E-state index in [-0.39, 0.29) is 11.5 Å². The van der Waals surface area contributed by atoms with E-state index in [9.17, 15) is 9.90 Å². The van der Waals surface area contributed by atoms with Gasteiger partial charge in [-0.25, -0.2) is 0 Å². The van der Waals surface area contributed by atoms with Crippen molar-refractivity contribution in [2.24, 2.45) is 0 Å². The molecule has 0 radical (unpaired) electrons. The van der Waals surface area contributed by atoms with Gasteiger partial charge in [0.05, 0.1) is 11.6 Å². The summed E-state index contributed by atoms with van der Waals surface area (Å²) in [5.41, 5.74) is 3.38. The molecule has 2 aromatic rings. The Bertz CT molecular complexity index is 763. The predicted octanol–water partition coefficient (Wildman–Crippen LogP) is 3.99. The number of benzene rings is 2. The maximum absolute atomic E-state index is 12.3. The zero-order valence-corrected chi connectivity index (χ0v) is 13.0. The molecule has 3 nitrogen and oxygen atoms in total. The van der Waals surface area contributed by atoms with Gasteiger partial charge >= 0.3 is 0 Å². The second-order valence-electron chi connectivity index (χ2n) is 4.89. The Kier molecular flexibility index (Phi) is 3.55. The van der Waals surface area contributed by atoms with Crippen molar-refractivity contribution in [3.63, 3.8) is 0 Å². The zero-order valence-electron chi connectivity index (χ0n) is 11.4. The highest BCUT2D eigenvalue weighted by Crippen LogP contribution is 2.36. The molecule has 0 saturated heterocycles. The average Bonchev–Trinajstić information content (AvgIpc) is 2.79. The lowest BCUT2D eigenvalue weighted by Gasteiger charge is -2.07. The number of halogens is 1. The highest BCUT2D eigenvalue weighted by atomic mass is 79.9. The molecule has 0 spiro atoms. The van der Waals surface area contributed by atoms with Crippen molar-refractivity contribution in [3.05, 3.63) is 63.1 Å². The molecule has 1 aliphatic rings. The van der Waals surface area contributed by atoms with Crippen LogP contribution in [0.25, 0.3) is 6.08 Å². The number of aromatic hydroxyl groups is 1. The molecule has 3 rings (SSSR count). The lowest BCUT2D eigenvalue weighted by Crippen LogP contribution is -1.95. The van der Waals surface area contributed by atoms with Gasteiger partial charge < -0.3 is 9.84 Å². The third kappa shape index (κ3) is 2.47. The first kappa shape index (κ1) is 13.9. The van der Waals surface area contributed by atoms with Crippen LogP contribution in [-0.2, 0) is 6.42 Å². The van der Waals surface area contributed by atoms with Crippen LogP contribution in [0.15, 0.2) is 46.4 Å². The molecule has 1 aliphatic carbocycles. The second kappa shape index (κ2) is 5.37. The monoisotopic (exact) mass is 344 g/mol. The molecular formula is C17H13BrO3. The molecule has 0 amide bonds. The van der Waals surface area contributed by atoms with Gasteiger partial charge in [-0.2, -0.15) is 0 Å². The maximum atomic E-state index is 12.3. The fraction of sp³-hybridized carbons (Fsp3) is 0.118. The summed E-state index contributed by atoms with van der Waals surface area (Å²) in [4.78, 5) is 12.3. The smallest absolute Gasteiger partial charge is 0.189 e. The minimum Gasteiger partial charge on any atom is -0.503 e. The Balaban J connectivity index is 2.01. The van der Waals surface area contributed by atoms with Gasteiger partial charge in [0.1, 0.15) is 0 Å². The number of carbonyl (C=O) groups is 1. The molecule has 0 aromatic heterocycles. The van der Waals surface area contributed by atoms with Crippen molar-refractivity contribution in [2.45, 2.75) is 6.42 Å². The molecule has 0 saturated carbocycles. The molecule has 0 unspecified atom stereocenters. The Hall–Kier alpha value is -2.07. The quantitative estimate of drug-likeness (QED) is 0.838. The Morgan fingerprint density at radius 1 is 1.29 bits per heavy atom. The first-order chi connectivity index (χ1) is 10.1. The molecule has 4 heteroatoms. The van der Waals surface area contributed by atoms with Crippen LogP contribution in [0.4, 0.5) is 0 Å². The third-order valence-corrected chi connectivity index (χ3v) is 4.15. The summed E-state index contributed by atoms with van der Waals surface area (Å²) in [6.45, 7) is 0. The highest BCUT2D eigenvalue weighted by Gasteiger charge is 2.24. The van der Waals surface area contributed by atoms with Gasteiger partial charge in [0.25, 0.3) is 0 Å². The predicted molar refractivity (Wildman–Crippen MR) is 84.8 cm³/mol. The third-order valence-electron chi connectivity index (χ3n) is 3.55. The molecule has 1 N–H and O–H groups in total. The second-order valence-corrected chi connectivity index (χ2v) is 5.74. The first-order valence-corrected chi connectivity index (χ1v) is 7.29. The lowest BCUT2D eigenvalue weighted by molar-refractivity contribution is 0.104. The highest BCUT2D eigenvalue weighted by molar-refractivity contribution is 9.10. The summed E-state index contributed by atoms with van der Waals surface area (Å²) in [5, 5.41) is 9.82. The zero-order chi connectivity index (χ0) is 15.0. The number of hydrogen-bond acceptors (Lipinski definition) is 3. The van der Waals surface area contributed by atoms with Gasteiger partial charge in [-0.05, 0) is 45.3 Å². The van der Waals surface area contributed by atoms with Crippen LogP contribution in [-0.4, -0.2) is 18.0 Å². The van der Waals surface area contributed by atoms with Crippen LogP contribution < -0.4 is 4.74 Å². The van der Waals surface area contributed by atoms with Gasteiger partial charge in [-0.3, -0.25) is 4.79 Å². The number of ether oxygens (including phenoxy) is 1. The van der Waals surface area contributed by atoms with Crippen LogP contribution in [0, 0.1) is 0 Å². The summed E-state index contributed by atoms with van der Waals surface area (Å²) in [5.74, 6) is 0.494. The molecule has 0 atom stereocenters. The summed E-state index contributed by atoms with van der Waals surface area (Å²) < 4.78 is 5.66. The van der Waals surface area contributed by atoms with Crippen LogP contribution in [0.1, 0.15) is 21.5 Å². The fourth-order valence-corrected chi connectivity index (χ4v) is 2.96. The maximum Gasteiger partial charge on any atom is 0.189 e. The van der Waals surface area contributed by atoms with Crippen molar-refractivity contribution in [1.82, 2.24) is 0 Å². The Morgan fingerprint density at radius 3 is 2.76 bits per heavy atom. The van der Waals surface area contributed by atoms with E-state index >= 15 is 0 Å². The van der Waals surface area contributed by atoms with E-state index < -0.39 is 0 Å². The van der Waals surface area contributed by atoms with Crippen LogP contribution >= 0.6 is 15.9 Å². The number of fused-ring (bicyclic) bond motifs is 1. The number of methoxy groups -OCH3 is 1. The van der Waals surface area contributed by atoms with E-state index in [2.05, 4.69) is 15.9 Å². The van der Waals surface area contributed by atoms with Crippen molar-refractivity contribution in [2.75, 3.05) is 7.11 Å². The van der Waals surface area contributed by atoms with Gasteiger partial charge in [-0.15, -0.1) is 0 Å². The fourth-order valence-electron chi connectivity index (χ4n) is 2.50. The van der Waals surface area contributed by atoms with Crippen molar-refractivity contribution >= 4 is 27.8 Å². The summed E-state index contributed by atoms with van der Waals surface area (Å²) in [6, 6.07) is 11.1. The van der Waals surface area contributed by atoms with Crippen LogP contribution in [0.2, 0.25) is 0 Å². The van der Waals surface area contributed by atoms with E-state index in [1.807, 2.05) is 30.3 Å². The summed E-state index contributed by atoms with van der Waals surface area (Å²) in [6.07, 6.45) is 2.48. The molecule has 2 aromatic carbocycles. The normalized spacial score (nSPS) is 15.3. The SMILES string of the molecule is COc1cc(/C=C2/Cc3ccccc3C2=O)cc(Br)c1O. The Morgan fingerprint density at radius 2 is 2.05 bits per heavy atom. The number of phenols is 1. The van der Waals surface area contributed by atoms with E-state index in [0.29, 0.717) is 16.6 Å². The van der Waals surface area contributed by atoms with Crippen molar-refractivity contribution < 1.29 is 14.6 Å². The number of Topliss-reactive ketones (excluding diaryl/α,β-unsaturated/α-hetero) is 1. The van der Waals surface area contributed by atoms with Crippen molar-refractivity contribution in [3.8, 4) is 11.5 Å². The molecule has 0 aliphatic heterocycles. The van der Waals surface area contributed by atoms with E-state index in [1.165, 1.54) is 7.11 Å². The van der Waals surface area contributed by atoms with E-state index in [1.54, 1.807) is 12.1 Å². The van der Waals surface area contributed by atoms with Crippen molar-refractivity contribution in [1.29, 1.82) is 0 Å². The number of ketones is 1. The first-order valence-electron chi connectivity index (χ1n) is 6.50. The largest absolute Gasteiger partial charge is 0.503 e. The number of rotatable bonds is 2. The minimum atomic E-state index is 0.0562. The standard InChI is InChI=1S/C17H13BrO3/c1-21-15-8-10(7-14(18)17(15)20)6-12-9-11-4-2-3-5-13(11)16(12)19/h2-8,20H,9H2,1H3/b12-6-. The molecule has 106 valence electrons. The number of carbonyl (C=O) groups excluding carboxylic acids is 1. The number of hydrogen-bond donors (Lipinski definition) is 1. The van der Waals surface area contributed by atoms with Gasteiger partial charge in [0.15, 0.2) is 17.3 Å². The lowest BCUT2D eigenvalue weighted by atomic mass is 10.1. The number of phenolic OH excluding ortho intramolecular Hbond substituents is 1. The molecule has 21 heavy (non-hydrogen) atoms. The van der Waals surface area contributed by atoms with E-state index in [0.717, 1.165) is 22.3 Å².